The molecule has 1 aromatic carbocycles. The molecule has 0 atom stereocenters. The van der Waals surface area contributed by atoms with Gasteiger partial charge in [-0.3, -0.25) is 4.79 Å². The number of furan rings is 1. The highest BCUT2D eigenvalue weighted by molar-refractivity contribution is 7.22. The lowest BCUT2D eigenvalue weighted by molar-refractivity contribution is 0.103. The van der Waals surface area contributed by atoms with Gasteiger partial charge in [0, 0.05) is 11.4 Å². The molecular formula is C20H16N4O3S2. The fourth-order valence-electron chi connectivity index (χ4n) is 2.48. The van der Waals surface area contributed by atoms with Crippen LogP contribution in [0.3, 0.4) is 0 Å². The number of nitrogens with one attached hydrogen (secondary N) is 3. The monoisotopic (exact) mass is 424 g/mol. The molecule has 0 fully saturated rings. The Bertz CT molecular complexity index is 1090. The van der Waals surface area contributed by atoms with Gasteiger partial charge in [0.05, 0.1) is 23.9 Å². The predicted molar refractivity (Wildman–Crippen MR) is 114 cm³/mol. The minimum Gasteiger partial charge on any atom is -0.467 e. The lowest BCUT2D eigenvalue weighted by Crippen LogP contribution is -2.27. The van der Waals surface area contributed by atoms with Crippen molar-refractivity contribution in [2.45, 2.75) is 6.54 Å². The Morgan fingerprint density at radius 2 is 1.79 bits per heavy atom. The van der Waals surface area contributed by atoms with Crippen LogP contribution in [-0.2, 0) is 6.54 Å². The van der Waals surface area contributed by atoms with Crippen LogP contribution in [0.1, 0.15) is 15.4 Å². The summed E-state index contributed by atoms with van der Waals surface area (Å²) in [4.78, 5) is 30.2. The summed E-state index contributed by atoms with van der Waals surface area (Å²) in [5.74, 6) is 0.450. The standard InChI is InChI=1S/C20H16N4O3S2/c25-18(17-12-21-19(29-17)16-4-2-10-28-16)23-13-5-7-14(8-6-13)24-20(26)22-11-15-3-1-9-27-15/h1-10,12H,11H2,(H,23,25)(H2,22,24,26). The lowest BCUT2D eigenvalue weighted by Gasteiger charge is -2.08. The Morgan fingerprint density at radius 3 is 2.48 bits per heavy atom. The normalized spacial score (nSPS) is 10.5. The summed E-state index contributed by atoms with van der Waals surface area (Å²) >= 11 is 2.93. The second kappa shape index (κ2) is 8.72. The number of carbonyl (C=O) groups is 2. The molecule has 7 nitrogen and oxygen atoms in total. The maximum absolute atomic E-state index is 12.4. The molecule has 0 unspecified atom stereocenters. The predicted octanol–water partition coefficient (Wildman–Crippen LogP) is 5.04. The summed E-state index contributed by atoms with van der Waals surface area (Å²) in [5, 5.41) is 11.1. The zero-order valence-corrected chi connectivity index (χ0v) is 16.7. The van der Waals surface area contributed by atoms with Gasteiger partial charge in [0.25, 0.3) is 5.91 Å². The average Bonchev–Trinajstić information content (AvgIpc) is 3.49. The van der Waals surface area contributed by atoms with Crippen LogP contribution in [0.15, 0.2) is 70.8 Å². The second-order valence-electron chi connectivity index (χ2n) is 5.93. The van der Waals surface area contributed by atoms with Gasteiger partial charge in [-0.25, -0.2) is 9.78 Å². The van der Waals surface area contributed by atoms with Crippen LogP contribution in [0, 0.1) is 0 Å². The van der Waals surface area contributed by atoms with E-state index in [0.717, 1.165) is 9.88 Å². The van der Waals surface area contributed by atoms with Crippen molar-refractivity contribution in [3.05, 3.63) is 77.0 Å². The fourth-order valence-corrected chi connectivity index (χ4v) is 4.09. The van der Waals surface area contributed by atoms with Gasteiger partial charge in [0.2, 0.25) is 0 Å². The number of thiophene rings is 1. The summed E-state index contributed by atoms with van der Waals surface area (Å²) < 4.78 is 5.16. The molecule has 0 aliphatic rings. The van der Waals surface area contributed by atoms with E-state index in [4.69, 9.17) is 4.42 Å². The number of hydrogen-bond donors (Lipinski definition) is 3. The number of amides is 3. The van der Waals surface area contributed by atoms with Gasteiger partial charge in [0.15, 0.2) is 0 Å². The van der Waals surface area contributed by atoms with Crippen LogP contribution in [0.4, 0.5) is 16.2 Å². The van der Waals surface area contributed by atoms with Gasteiger partial charge in [-0.1, -0.05) is 6.07 Å². The van der Waals surface area contributed by atoms with E-state index < -0.39 is 0 Å². The van der Waals surface area contributed by atoms with Crippen molar-refractivity contribution in [3.63, 3.8) is 0 Å². The number of rotatable bonds is 6. The van der Waals surface area contributed by atoms with E-state index in [-0.39, 0.29) is 11.9 Å². The minimum absolute atomic E-state index is 0.220. The van der Waals surface area contributed by atoms with E-state index in [1.807, 2.05) is 17.5 Å². The number of nitrogens with zero attached hydrogens (tertiary/aromatic N) is 1. The van der Waals surface area contributed by atoms with Gasteiger partial charge >= 0.3 is 6.03 Å². The van der Waals surface area contributed by atoms with E-state index in [0.29, 0.717) is 28.6 Å². The van der Waals surface area contributed by atoms with E-state index in [2.05, 4.69) is 20.9 Å². The first kappa shape index (κ1) is 18.9. The van der Waals surface area contributed by atoms with E-state index in [9.17, 15) is 9.59 Å². The Balaban J connectivity index is 1.31. The third kappa shape index (κ3) is 4.89. The van der Waals surface area contributed by atoms with Crippen molar-refractivity contribution in [2.75, 3.05) is 10.6 Å². The van der Waals surface area contributed by atoms with Crippen LogP contribution in [0.25, 0.3) is 9.88 Å². The molecule has 3 amide bonds. The molecule has 3 aromatic heterocycles. The van der Waals surface area contributed by atoms with Crippen molar-refractivity contribution in [1.82, 2.24) is 10.3 Å². The molecule has 3 N–H and O–H groups in total. The Morgan fingerprint density at radius 1 is 1.00 bits per heavy atom. The molecule has 0 spiro atoms. The zero-order valence-electron chi connectivity index (χ0n) is 15.0. The average molecular weight is 425 g/mol. The third-order valence-electron chi connectivity index (χ3n) is 3.87. The molecule has 29 heavy (non-hydrogen) atoms. The summed E-state index contributed by atoms with van der Waals surface area (Å²) in [5.41, 5.74) is 1.24. The van der Waals surface area contributed by atoms with Crippen molar-refractivity contribution >= 4 is 46.0 Å². The molecule has 9 heteroatoms. The van der Waals surface area contributed by atoms with Gasteiger partial charge in [-0.2, -0.15) is 0 Å². The third-order valence-corrected chi connectivity index (χ3v) is 5.90. The number of urea groups is 1. The number of hydrogen-bond acceptors (Lipinski definition) is 6. The largest absolute Gasteiger partial charge is 0.467 e. The maximum Gasteiger partial charge on any atom is 0.319 e. The molecule has 0 radical (unpaired) electrons. The number of aromatic nitrogens is 1. The Kier molecular flexibility index (Phi) is 5.68. The molecular weight excluding hydrogens is 408 g/mol. The SMILES string of the molecule is O=C(NCc1ccco1)Nc1ccc(NC(=O)c2cnc(-c3cccs3)s2)cc1. The second-order valence-corrected chi connectivity index (χ2v) is 7.90. The highest BCUT2D eigenvalue weighted by Crippen LogP contribution is 2.29. The van der Waals surface area contributed by atoms with Crippen molar-refractivity contribution in [2.24, 2.45) is 0 Å². The number of benzene rings is 1. The van der Waals surface area contributed by atoms with Crippen LogP contribution < -0.4 is 16.0 Å². The number of carbonyl (C=O) groups excluding carboxylic acids is 2. The van der Waals surface area contributed by atoms with Crippen LogP contribution >= 0.6 is 22.7 Å². The zero-order chi connectivity index (χ0) is 20.1. The Labute approximate surface area is 174 Å². The first-order chi connectivity index (χ1) is 14.2. The quantitative estimate of drug-likeness (QED) is 0.404. The van der Waals surface area contributed by atoms with Gasteiger partial charge < -0.3 is 20.4 Å². The number of thiazole rings is 1. The van der Waals surface area contributed by atoms with E-state index >= 15 is 0 Å². The summed E-state index contributed by atoms with van der Waals surface area (Å²) in [6.45, 7) is 0.301. The van der Waals surface area contributed by atoms with Gasteiger partial charge in [-0.15, -0.1) is 22.7 Å². The number of anilines is 2. The van der Waals surface area contributed by atoms with Gasteiger partial charge in [0.1, 0.15) is 15.6 Å². The van der Waals surface area contributed by atoms with E-state index in [1.165, 1.54) is 11.3 Å². The molecule has 0 aliphatic heterocycles. The van der Waals surface area contributed by atoms with E-state index in [1.54, 1.807) is 60.2 Å². The topological polar surface area (TPSA) is 96.3 Å². The molecule has 0 saturated carbocycles. The highest BCUT2D eigenvalue weighted by atomic mass is 32.1. The first-order valence-corrected chi connectivity index (χ1v) is 10.4. The van der Waals surface area contributed by atoms with Crippen LogP contribution in [0.2, 0.25) is 0 Å². The molecule has 0 saturated heterocycles. The maximum atomic E-state index is 12.4. The molecule has 4 aromatic rings. The molecule has 3 heterocycles. The summed E-state index contributed by atoms with van der Waals surface area (Å²) in [6.07, 6.45) is 3.13. The molecule has 0 bridgehead atoms. The van der Waals surface area contributed by atoms with Crippen molar-refractivity contribution in [1.29, 1.82) is 0 Å². The summed E-state index contributed by atoms with van der Waals surface area (Å²) in [7, 11) is 0. The van der Waals surface area contributed by atoms with Gasteiger partial charge in [-0.05, 0) is 47.8 Å². The molecule has 0 aliphatic carbocycles. The Hall–Kier alpha value is -3.43. The fraction of sp³-hybridized carbons (Fsp3) is 0.0500. The van der Waals surface area contributed by atoms with Crippen LogP contribution in [-0.4, -0.2) is 16.9 Å². The van der Waals surface area contributed by atoms with Crippen molar-refractivity contribution < 1.29 is 14.0 Å². The minimum atomic E-state index is -0.344. The summed E-state index contributed by atoms with van der Waals surface area (Å²) in [6, 6.07) is 14.0. The molecule has 4 rings (SSSR count). The highest BCUT2D eigenvalue weighted by Gasteiger charge is 2.12. The van der Waals surface area contributed by atoms with Crippen molar-refractivity contribution in [3.8, 4) is 9.88 Å². The van der Waals surface area contributed by atoms with Crippen LogP contribution in [0.5, 0.6) is 0 Å². The lowest BCUT2D eigenvalue weighted by atomic mass is 10.2. The smallest absolute Gasteiger partial charge is 0.319 e. The molecule has 146 valence electrons. The first-order valence-electron chi connectivity index (χ1n) is 8.66.